The molecule has 0 bridgehead atoms. The molecule has 3 rings (SSSR count). The number of piperidine rings is 2. The van der Waals surface area contributed by atoms with Crippen molar-refractivity contribution >= 4 is 23.8 Å². The number of amides is 4. The quantitative estimate of drug-likeness (QED) is 0.738. The largest absolute Gasteiger partial charge is 0.444 e. The molecule has 2 heterocycles. The third-order valence-electron chi connectivity index (χ3n) is 5.34. The van der Waals surface area contributed by atoms with E-state index in [4.69, 9.17) is 4.74 Å². The molecule has 2 aliphatic rings. The van der Waals surface area contributed by atoms with Crippen molar-refractivity contribution in [2.24, 2.45) is 0 Å². The Morgan fingerprint density at radius 3 is 2.27 bits per heavy atom. The molecule has 1 aromatic rings. The van der Waals surface area contributed by atoms with Crippen LogP contribution in [0.15, 0.2) is 24.3 Å². The fourth-order valence-corrected chi connectivity index (χ4v) is 3.70. The molecule has 2 saturated heterocycles. The first-order valence-corrected chi connectivity index (χ1v) is 10.3. The molecular weight excluding hydrogens is 386 g/mol. The van der Waals surface area contributed by atoms with Crippen LogP contribution in [0.4, 0.5) is 4.79 Å². The van der Waals surface area contributed by atoms with E-state index >= 15 is 0 Å². The molecule has 0 aliphatic carbocycles. The molecule has 2 fully saturated rings. The van der Waals surface area contributed by atoms with Crippen molar-refractivity contribution in [3.63, 3.8) is 0 Å². The van der Waals surface area contributed by atoms with Crippen molar-refractivity contribution in [2.45, 2.75) is 64.0 Å². The number of carbonyl (C=O) groups is 4. The van der Waals surface area contributed by atoms with Gasteiger partial charge in [0.05, 0.1) is 0 Å². The summed E-state index contributed by atoms with van der Waals surface area (Å²) in [4.78, 5) is 49.4. The van der Waals surface area contributed by atoms with Crippen LogP contribution in [0.25, 0.3) is 0 Å². The maximum atomic E-state index is 12.4. The zero-order valence-electron chi connectivity index (χ0n) is 17.7. The number of benzene rings is 1. The van der Waals surface area contributed by atoms with E-state index in [1.165, 1.54) is 0 Å². The number of imide groups is 1. The molecule has 1 unspecified atom stereocenters. The summed E-state index contributed by atoms with van der Waals surface area (Å²) in [6, 6.07) is 6.65. The van der Waals surface area contributed by atoms with Crippen LogP contribution in [-0.2, 0) is 14.3 Å². The second-order valence-electron chi connectivity index (χ2n) is 8.84. The molecule has 0 saturated carbocycles. The van der Waals surface area contributed by atoms with E-state index in [1.807, 2.05) is 32.9 Å². The molecule has 1 aromatic carbocycles. The van der Waals surface area contributed by atoms with E-state index in [1.54, 1.807) is 17.0 Å². The van der Waals surface area contributed by atoms with E-state index in [-0.39, 0.29) is 24.3 Å². The zero-order chi connectivity index (χ0) is 21.9. The summed E-state index contributed by atoms with van der Waals surface area (Å²) in [5.41, 5.74) is 1.09. The topological polar surface area (TPSA) is 105 Å². The minimum atomic E-state index is -0.688. The molecule has 1 atom stereocenters. The number of nitrogens with one attached hydrogen (secondary N) is 2. The van der Waals surface area contributed by atoms with Crippen molar-refractivity contribution in [3.8, 4) is 0 Å². The highest BCUT2D eigenvalue weighted by Crippen LogP contribution is 2.29. The third kappa shape index (κ3) is 5.58. The Balaban J connectivity index is 1.52. The number of nitrogens with zero attached hydrogens (tertiary/aromatic N) is 1. The Kier molecular flexibility index (Phi) is 6.43. The summed E-state index contributed by atoms with van der Waals surface area (Å²) >= 11 is 0. The van der Waals surface area contributed by atoms with Gasteiger partial charge < -0.3 is 15.0 Å². The highest BCUT2D eigenvalue weighted by molar-refractivity contribution is 6.03. The van der Waals surface area contributed by atoms with Gasteiger partial charge in [0.15, 0.2) is 0 Å². The van der Waals surface area contributed by atoms with Crippen molar-refractivity contribution < 1.29 is 23.9 Å². The Hall–Kier alpha value is -2.90. The fraction of sp³-hybridized carbons (Fsp3) is 0.545. The molecule has 8 nitrogen and oxygen atoms in total. The Morgan fingerprint density at radius 2 is 1.70 bits per heavy atom. The van der Waals surface area contributed by atoms with Crippen molar-refractivity contribution in [2.75, 3.05) is 13.1 Å². The second kappa shape index (κ2) is 8.85. The second-order valence-corrected chi connectivity index (χ2v) is 8.84. The maximum absolute atomic E-state index is 12.4. The summed E-state index contributed by atoms with van der Waals surface area (Å²) in [5, 5.41) is 4.91. The van der Waals surface area contributed by atoms with Crippen molar-refractivity contribution in [1.82, 2.24) is 15.5 Å². The predicted molar refractivity (Wildman–Crippen MR) is 110 cm³/mol. The lowest BCUT2D eigenvalue weighted by atomic mass is 9.89. The lowest BCUT2D eigenvalue weighted by Gasteiger charge is -2.33. The van der Waals surface area contributed by atoms with Gasteiger partial charge in [0, 0.05) is 25.1 Å². The van der Waals surface area contributed by atoms with Crippen LogP contribution in [0.5, 0.6) is 0 Å². The highest BCUT2D eigenvalue weighted by Gasteiger charge is 2.29. The SMILES string of the molecule is CC(C)(C)OC(=O)N1CCC(c2ccc(C(=O)NC3CCC(=O)NC3=O)cc2)CC1. The van der Waals surface area contributed by atoms with Gasteiger partial charge in [-0.1, -0.05) is 12.1 Å². The number of ether oxygens (including phenoxy) is 1. The van der Waals surface area contributed by atoms with Crippen LogP contribution in [0.1, 0.15) is 68.3 Å². The molecule has 30 heavy (non-hydrogen) atoms. The van der Waals surface area contributed by atoms with Gasteiger partial charge >= 0.3 is 6.09 Å². The average Bonchev–Trinajstić information content (AvgIpc) is 2.69. The van der Waals surface area contributed by atoms with Gasteiger partial charge in [-0.3, -0.25) is 19.7 Å². The van der Waals surface area contributed by atoms with Crippen LogP contribution in [0.3, 0.4) is 0 Å². The summed E-state index contributed by atoms with van der Waals surface area (Å²) < 4.78 is 5.43. The van der Waals surface area contributed by atoms with Crippen LogP contribution < -0.4 is 10.6 Å². The Morgan fingerprint density at radius 1 is 1.07 bits per heavy atom. The van der Waals surface area contributed by atoms with E-state index in [2.05, 4.69) is 10.6 Å². The van der Waals surface area contributed by atoms with E-state index in [9.17, 15) is 19.2 Å². The summed E-state index contributed by atoms with van der Waals surface area (Å²) in [6.45, 7) is 6.84. The Labute approximate surface area is 176 Å². The van der Waals surface area contributed by atoms with Crippen LogP contribution in [-0.4, -0.2) is 53.4 Å². The summed E-state index contributed by atoms with van der Waals surface area (Å²) in [6.07, 6.45) is 1.92. The fourth-order valence-electron chi connectivity index (χ4n) is 3.70. The molecule has 0 spiro atoms. The van der Waals surface area contributed by atoms with Crippen molar-refractivity contribution in [3.05, 3.63) is 35.4 Å². The smallest absolute Gasteiger partial charge is 0.410 e. The molecule has 4 amide bonds. The molecular formula is C22H29N3O5. The van der Waals surface area contributed by atoms with Gasteiger partial charge in [0.2, 0.25) is 11.8 Å². The minimum absolute atomic E-state index is 0.220. The van der Waals surface area contributed by atoms with Gasteiger partial charge in [-0.05, 0) is 63.6 Å². The van der Waals surface area contributed by atoms with E-state index < -0.39 is 17.6 Å². The van der Waals surface area contributed by atoms with Crippen LogP contribution in [0, 0.1) is 0 Å². The van der Waals surface area contributed by atoms with Gasteiger partial charge in [-0.25, -0.2) is 4.79 Å². The third-order valence-corrected chi connectivity index (χ3v) is 5.34. The van der Waals surface area contributed by atoms with Gasteiger partial charge in [-0.2, -0.15) is 0 Å². The van der Waals surface area contributed by atoms with Crippen LogP contribution >= 0.6 is 0 Å². The molecule has 0 aromatic heterocycles. The molecule has 2 N–H and O–H groups in total. The average molecular weight is 415 g/mol. The summed E-state index contributed by atoms with van der Waals surface area (Å²) in [7, 11) is 0. The predicted octanol–water partition coefficient (Wildman–Crippen LogP) is 2.34. The number of hydrogen-bond acceptors (Lipinski definition) is 5. The minimum Gasteiger partial charge on any atom is -0.444 e. The Bertz CT molecular complexity index is 820. The van der Waals surface area contributed by atoms with Gasteiger partial charge in [-0.15, -0.1) is 0 Å². The maximum Gasteiger partial charge on any atom is 0.410 e. The first-order valence-electron chi connectivity index (χ1n) is 10.3. The molecule has 162 valence electrons. The lowest BCUT2D eigenvalue weighted by molar-refractivity contribution is -0.134. The number of carbonyl (C=O) groups excluding carboxylic acids is 4. The normalized spacial score (nSPS) is 20.5. The van der Waals surface area contributed by atoms with Crippen molar-refractivity contribution in [1.29, 1.82) is 0 Å². The van der Waals surface area contributed by atoms with E-state index in [0.29, 0.717) is 31.0 Å². The molecule has 2 aliphatic heterocycles. The van der Waals surface area contributed by atoms with Gasteiger partial charge in [0.1, 0.15) is 11.6 Å². The first kappa shape index (κ1) is 21.8. The highest BCUT2D eigenvalue weighted by atomic mass is 16.6. The standard InChI is InChI=1S/C22H29N3O5/c1-22(2,3)30-21(29)25-12-10-15(11-13-25)14-4-6-16(7-5-14)19(27)23-17-8-9-18(26)24-20(17)28/h4-7,15,17H,8-13H2,1-3H3,(H,23,27)(H,24,26,28). The zero-order valence-corrected chi connectivity index (χ0v) is 17.7. The molecule has 0 radical (unpaired) electrons. The van der Waals surface area contributed by atoms with Crippen LogP contribution in [0.2, 0.25) is 0 Å². The summed E-state index contributed by atoms with van der Waals surface area (Å²) in [5.74, 6) is -0.799. The first-order chi connectivity index (χ1) is 14.1. The van der Waals surface area contributed by atoms with E-state index in [0.717, 1.165) is 18.4 Å². The number of hydrogen-bond donors (Lipinski definition) is 2. The molecule has 8 heteroatoms. The lowest BCUT2D eigenvalue weighted by Crippen LogP contribution is -2.52. The monoisotopic (exact) mass is 415 g/mol. The van der Waals surface area contributed by atoms with Gasteiger partial charge in [0.25, 0.3) is 5.91 Å². The number of rotatable bonds is 3. The number of likely N-dealkylation sites (tertiary alicyclic amines) is 1.